The molecular formula is C30H54N2O4. The zero-order valence-electron chi connectivity index (χ0n) is 23.2. The third-order valence-corrected chi connectivity index (χ3v) is 6.89. The van der Waals surface area contributed by atoms with Gasteiger partial charge in [-0.3, -0.25) is 4.79 Å². The highest BCUT2D eigenvalue weighted by Crippen LogP contribution is 2.33. The van der Waals surface area contributed by atoms with Gasteiger partial charge >= 0.3 is 0 Å². The van der Waals surface area contributed by atoms with E-state index in [4.69, 9.17) is 9.47 Å². The number of aliphatic hydroxyl groups is 1. The number of amides is 1. The molecule has 6 heteroatoms. The monoisotopic (exact) mass is 506 g/mol. The maximum Gasteiger partial charge on any atom is 0.220 e. The van der Waals surface area contributed by atoms with Crippen LogP contribution in [0.3, 0.4) is 0 Å². The highest BCUT2D eigenvalue weighted by Gasteiger charge is 2.25. The van der Waals surface area contributed by atoms with Crippen molar-refractivity contribution in [3.05, 3.63) is 23.8 Å². The van der Waals surface area contributed by atoms with Crippen molar-refractivity contribution < 1.29 is 20.8 Å². The first kappa shape index (κ1) is 30.4. The van der Waals surface area contributed by atoms with Crippen molar-refractivity contribution in [2.24, 2.45) is 0 Å². The number of hydrogen-bond acceptors (Lipinski definition) is 5. The third-order valence-electron chi connectivity index (χ3n) is 6.89. The number of benzene rings is 1. The molecule has 0 spiro atoms. The molecule has 0 saturated carbocycles. The van der Waals surface area contributed by atoms with Gasteiger partial charge in [-0.25, -0.2) is 0 Å². The number of unbranched alkanes of at least 4 members (excludes halogenated alkanes) is 12. The largest absolute Gasteiger partial charge is 0.486 e. The van der Waals surface area contributed by atoms with Crippen molar-refractivity contribution in [2.45, 2.75) is 129 Å². The molecule has 1 aliphatic rings. The van der Waals surface area contributed by atoms with Crippen LogP contribution in [0.4, 0.5) is 0 Å². The molecule has 0 unspecified atom stereocenters. The normalized spacial score (nSPS) is 14.6. The predicted octanol–water partition coefficient (Wildman–Crippen LogP) is 6.70. The maximum atomic E-state index is 12.7. The molecule has 0 fully saturated rings. The van der Waals surface area contributed by atoms with E-state index in [-0.39, 0.29) is 13.4 Å². The summed E-state index contributed by atoms with van der Waals surface area (Å²) in [5, 5.41) is 17.5. The van der Waals surface area contributed by atoms with E-state index in [1.54, 1.807) is 0 Å². The minimum Gasteiger partial charge on any atom is -0.486 e. The molecule has 2 atom stereocenters. The van der Waals surface area contributed by atoms with Crippen molar-refractivity contribution in [2.75, 3.05) is 19.8 Å². The lowest BCUT2D eigenvalue weighted by molar-refractivity contribution is -0.122. The summed E-state index contributed by atoms with van der Waals surface area (Å²) in [5.41, 5.74) is 0.719. The third kappa shape index (κ3) is 12.4. The summed E-state index contributed by atoms with van der Waals surface area (Å²) in [6.45, 7) is 7.91. The molecule has 1 aliphatic heterocycles. The zero-order chi connectivity index (χ0) is 26.0. The van der Waals surface area contributed by atoms with Crippen molar-refractivity contribution in [3.8, 4) is 11.5 Å². The second-order valence-corrected chi connectivity index (χ2v) is 10.6. The van der Waals surface area contributed by atoms with E-state index in [1.165, 1.54) is 70.6 Å². The minimum absolute atomic E-state index is 0. The summed E-state index contributed by atoms with van der Waals surface area (Å²) in [6, 6.07) is 5.34. The van der Waals surface area contributed by atoms with Crippen LogP contribution in [0.5, 0.6) is 11.5 Å². The van der Waals surface area contributed by atoms with Crippen LogP contribution in [0, 0.1) is 0 Å². The van der Waals surface area contributed by atoms with Crippen molar-refractivity contribution in [1.29, 1.82) is 0 Å². The van der Waals surface area contributed by atoms with Gasteiger partial charge in [0.15, 0.2) is 11.5 Å². The first-order chi connectivity index (χ1) is 17.5. The first-order valence-corrected chi connectivity index (χ1v) is 14.6. The lowest BCUT2D eigenvalue weighted by atomic mass is 10.0. The second-order valence-electron chi connectivity index (χ2n) is 10.6. The Labute approximate surface area is 221 Å². The SMILES string of the molecule is CCCCCCCCCCCCCCCC(=O)N[C@H](CNC(C)C)[C@H](O)c1ccc2c(c1)OCCO2.[HH]. The fraction of sp³-hybridized carbons (Fsp3) is 0.767. The molecule has 1 aromatic carbocycles. The van der Waals surface area contributed by atoms with Crippen LogP contribution >= 0.6 is 0 Å². The smallest absolute Gasteiger partial charge is 0.220 e. The van der Waals surface area contributed by atoms with E-state index in [9.17, 15) is 9.90 Å². The van der Waals surface area contributed by atoms with Crippen molar-refractivity contribution in [3.63, 3.8) is 0 Å². The number of aliphatic hydroxyl groups excluding tert-OH is 1. The van der Waals surface area contributed by atoms with E-state index in [1.807, 2.05) is 18.2 Å². The van der Waals surface area contributed by atoms with Gasteiger partial charge in [0, 0.05) is 20.4 Å². The van der Waals surface area contributed by atoms with Gasteiger partial charge in [-0.15, -0.1) is 0 Å². The standard InChI is InChI=1S/C30H52N2O4.H2/c1-4-5-6-7-8-9-10-11-12-13-14-15-16-17-29(33)32-26(23-31-24(2)3)30(34)25-18-19-27-28(22-25)36-21-20-35-27;/h18-19,22,24,26,30-31,34H,4-17,20-21,23H2,1-3H3,(H,32,33);1H/t26-,30-;/m1./s1. The molecule has 2 rings (SSSR count). The van der Waals surface area contributed by atoms with Gasteiger partial charge in [-0.2, -0.15) is 0 Å². The van der Waals surface area contributed by atoms with Crippen molar-refractivity contribution >= 4 is 5.91 Å². The topological polar surface area (TPSA) is 79.8 Å². The van der Waals surface area contributed by atoms with Gasteiger partial charge in [0.1, 0.15) is 19.3 Å². The average molecular weight is 507 g/mol. The van der Waals surface area contributed by atoms with Gasteiger partial charge in [-0.05, 0) is 24.1 Å². The number of rotatable bonds is 20. The Morgan fingerprint density at radius 3 is 2.03 bits per heavy atom. The zero-order valence-corrected chi connectivity index (χ0v) is 23.2. The number of carbonyl (C=O) groups excluding carboxylic acids is 1. The molecule has 3 N–H and O–H groups in total. The van der Waals surface area contributed by atoms with E-state index in [0.29, 0.717) is 37.7 Å². The molecule has 0 bridgehead atoms. The summed E-state index contributed by atoms with van der Waals surface area (Å²) < 4.78 is 11.3. The molecule has 208 valence electrons. The van der Waals surface area contributed by atoms with E-state index >= 15 is 0 Å². The van der Waals surface area contributed by atoms with Crippen LogP contribution in [0.1, 0.15) is 124 Å². The lowest BCUT2D eigenvalue weighted by Gasteiger charge is -2.27. The van der Waals surface area contributed by atoms with Gasteiger partial charge in [0.25, 0.3) is 0 Å². The fourth-order valence-electron chi connectivity index (χ4n) is 4.66. The van der Waals surface area contributed by atoms with Crippen LogP contribution in [-0.2, 0) is 4.79 Å². The molecule has 0 saturated heterocycles. The lowest BCUT2D eigenvalue weighted by Crippen LogP contribution is -2.47. The molecule has 0 radical (unpaired) electrons. The molecule has 0 aromatic heterocycles. The van der Waals surface area contributed by atoms with Gasteiger partial charge in [-0.1, -0.05) is 104 Å². The Kier molecular flexibility index (Phi) is 15.6. The van der Waals surface area contributed by atoms with Crippen LogP contribution in [0.2, 0.25) is 0 Å². The highest BCUT2D eigenvalue weighted by atomic mass is 16.6. The molecule has 0 aliphatic carbocycles. The number of fused-ring (bicyclic) bond motifs is 1. The van der Waals surface area contributed by atoms with Crippen LogP contribution in [0.25, 0.3) is 0 Å². The average Bonchev–Trinajstić information content (AvgIpc) is 2.88. The number of carbonyl (C=O) groups is 1. The Bertz CT molecular complexity index is 732. The maximum absolute atomic E-state index is 12.7. The number of hydrogen-bond donors (Lipinski definition) is 3. The Morgan fingerprint density at radius 2 is 1.44 bits per heavy atom. The fourth-order valence-corrected chi connectivity index (χ4v) is 4.66. The quantitative estimate of drug-likeness (QED) is 0.171. The summed E-state index contributed by atoms with van der Waals surface area (Å²) in [7, 11) is 0. The summed E-state index contributed by atoms with van der Waals surface area (Å²) in [6.07, 6.45) is 16.4. The predicted molar refractivity (Wildman–Crippen MR) is 150 cm³/mol. The van der Waals surface area contributed by atoms with E-state index < -0.39 is 12.1 Å². The summed E-state index contributed by atoms with van der Waals surface area (Å²) >= 11 is 0. The minimum atomic E-state index is -0.831. The molecule has 36 heavy (non-hydrogen) atoms. The second kappa shape index (κ2) is 18.5. The van der Waals surface area contributed by atoms with Gasteiger partial charge < -0.3 is 25.2 Å². The number of ether oxygens (including phenoxy) is 2. The molecule has 1 heterocycles. The summed E-state index contributed by atoms with van der Waals surface area (Å²) in [4.78, 5) is 12.7. The molecule has 6 nitrogen and oxygen atoms in total. The van der Waals surface area contributed by atoms with Crippen LogP contribution < -0.4 is 20.1 Å². The van der Waals surface area contributed by atoms with Gasteiger partial charge in [0.2, 0.25) is 5.91 Å². The molecule has 1 amide bonds. The first-order valence-electron chi connectivity index (χ1n) is 14.6. The number of nitrogens with one attached hydrogen (secondary N) is 2. The van der Waals surface area contributed by atoms with E-state index in [2.05, 4.69) is 31.4 Å². The Balaban J connectivity index is 0.00000684. The van der Waals surface area contributed by atoms with Crippen molar-refractivity contribution in [1.82, 2.24) is 10.6 Å². The van der Waals surface area contributed by atoms with Gasteiger partial charge in [0.05, 0.1) is 6.04 Å². The molecular weight excluding hydrogens is 452 g/mol. The van der Waals surface area contributed by atoms with Crippen LogP contribution in [-0.4, -0.2) is 42.9 Å². The summed E-state index contributed by atoms with van der Waals surface area (Å²) in [5.74, 6) is 1.34. The Hall–Kier alpha value is -1.79. The Morgan fingerprint density at radius 1 is 0.889 bits per heavy atom. The van der Waals surface area contributed by atoms with E-state index in [0.717, 1.165) is 18.4 Å². The van der Waals surface area contributed by atoms with Crippen LogP contribution in [0.15, 0.2) is 18.2 Å². The highest BCUT2D eigenvalue weighted by molar-refractivity contribution is 5.76. The molecule has 1 aromatic rings.